The Labute approximate surface area is 117 Å². The van der Waals surface area contributed by atoms with Crippen LogP contribution >= 0.6 is 0 Å². The van der Waals surface area contributed by atoms with Crippen LogP contribution in [0.3, 0.4) is 0 Å². The molecule has 20 heavy (non-hydrogen) atoms. The van der Waals surface area contributed by atoms with Crippen molar-refractivity contribution in [2.45, 2.75) is 13.8 Å². The minimum absolute atomic E-state index is 1.07. The molecule has 0 amide bonds. The van der Waals surface area contributed by atoms with E-state index < -0.39 is 0 Å². The number of rotatable bonds is 0. The lowest BCUT2D eigenvalue weighted by Crippen LogP contribution is -2.33. The fourth-order valence-electron chi connectivity index (χ4n) is 3.06. The molecule has 0 aliphatic rings. The highest BCUT2D eigenvalue weighted by atomic mass is 15.3. The molecule has 0 bridgehead atoms. The molecule has 0 spiro atoms. The van der Waals surface area contributed by atoms with E-state index in [-0.39, 0.29) is 0 Å². The summed E-state index contributed by atoms with van der Waals surface area (Å²) < 4.78 is 4.47. The normalized spacial score (nSPS) is 11.8. The number of aryl methyl sites for hydroxylation is 3. The number of hydrogen-bond acceptors (Lipinski definition) is 1. The number of fused-ring (bicyclic) bond motifs is 6. The summed E-state index contributed by atoms with van der Waals surface area (Å²) in [5, 5.41) is 2.47. The van der Waals surface area contributed by atoms with Crippen molar-refractivity contribution in [2.75, 3.05) is 0 Å². The minimum atomic E-state index is 1.07. The Bertz CT molecular complexity index is 980. The molecule has 3 heterocycles. The summed E-state index contributed by atoms with van der Waals surface area (Å²) in [6, 6.07) is 12.8. The molecule has 0 saturated heterocycles. The number of benzene rings is 1. The fourth-order valence-corrected chi connectivity index (χ4v) is 3.06. The van der Waals surface area contributed by atoms with E-state index in [1.54, 1.807) is 0 Å². The van der Waals surface area contributed by atoms with Gasteiger partial charge in [0.1, 0.15) is 5.52 Å². The third kappa shape index (κ3) is 1.29. The quantitative estimate of drug-likeness (QED) is 0.352. The van der Waals surface area contributed by atoms with Gasteiger partial charge in [0.15, 0.2) is 0 Å². The van der Waals surface area contributed by atoms with Crippen molar-refractivity contribution in [3.63, 3.8) is 0 Å². The van der Waals surface area contributed by atoms with Gasteiger partial charge < -0.3 is 0 Å². The SMILES string of the molecule is Cc1ccnc2c3ccccc3c3cc(C)n(C)[n+]3c12. The topological polar surface area (TPSA) is 21.9 Å². The lowest BCUT2D eigenvalue weighted by molar-refractivity contribution is -0.580. The first-order valence-electron chi connectivity index (χ1n) is 6.83. The van der Waals surface area contributed by atoms with E-state index in [0.29, 0.717) is 0 Å². The Morgan fingerprint density at radius 2 is 1.80 bits per heavy atom. The predicted molar refractivity (Wildman–Crippen MR) is 80.9 cm³/mol. The van der Waals surface area contributed by atoms with Crippen LogP contribution in [0.15, 0.2) is 42.6 Å². The van der Waals surface area contributed by atoms with Gasteiger partial charge in [-0.2, -0.15) is 4.68 Å². The van der Waals surface area contributed by atoms with Gasteiger partial charge in [-0.15, -0.1) is 0 Å². The highest BCUT2D eigenvalue weighted by molar-refractivity contribution is 6.08. The molecule has 3 aromatic heterocycles. The van der Waals surface area contributed by atoms with Crippen molar-refractivity contribution < 1.29 is 4.52 Å². The monoisotopic (exact) mass is 262 g/mol. The Kier molecular flexibility index (Phi) is 2.16. The molecule has 0 fully saturated rings. The zero-order valence-electron chi connectivity index (χ0n) is 11.9. The first kappa shape index (κ1) is 11.4. The molecule has 0 saturated carbocycles. The predicted octanol–water partition coefficient (Wildman–Crippen LogP) is 3.08. The molecular formula is C17H16N3+. The second-order valence-electron chi connectivity index (χ2n) is 5.38. The lowest BCUT2D eigenvalue weighted by atomic mass is 10.1. The average Bonchev–Trinajstić information content (AvgIpc) is 2.76. The summed E-state index contributed by atoms with van der Waals surface area (Å²) in [4.78, 5) is 4.64. The van der Waals surface area contributed by atoms with Gasteiger partial charge in [0, 0.05) is 23.2 Å². The third-order valence-electron chi connectivity index (χ3n) is 4.18. The van der Waals surface area contributed by atoms with Crippen LogP contribution in [0.1, 0.15) is 11.3 Å². The smallest absolute Gasteiger partial charge is 0.249 e. The van der Waals surface area contributed by atoms with Gasteiger partial charge in [0.05, 0.1) is 18.1 Å². The van der Waals surface area contributed by atoms with E-state index in [1.807, 2.05) is 6.20 Å². The van der Waals surface area contributed by atoms with Crippen LogP contribution in [0.2, 0.25) is 0 Å². The van der Waals surface area contributed by atoms with Gasteiger partial charge in [-0.25, -0.2) is 4.98 Å². The lowest BCUT2D eigenvalue weighted by Gasteiger charge is -2.03. The van der Waals surface area contributed by atoms with E-state index in [9.17, 15) is 0 Å². The Morgan fingerprint density at radius 1 is 1.05 bits per heavy atom. The van der Waals surface area contributed by atoms with Gasteiger partial charge in [-0.3, -0.25) is 0 Å². The molecular weight excluding hydrogens is 246 g/mol. The highest BCUT2D eigenvalue weighted by Gasteiger charge is 2.22. The number of pyridine rings is 2. The molecule has 0 unspecified atom stereocenters. The fraction of sp³-hybridized carbons (Fsp3) is 0.176. The van der Waals surface area contributed by atoms with E-state index >= 15 is 0 Å². The molecule has 0 aliphatic heterocycles. The second kappa shape index (κ2) is 3.79. The van der Waals surface area contributed by atoms with E-state index in [0.717, 1.165) is 5.52 Å². The van der Waals surface area contributed by atoms with Crippen LogP contribution in [0.5, 0.6) is 0 Å². The van der Waals surface area contributed by atoms with Crippen molar-refractivity contribution in [2.24, 2.45) is 7.05 Å². The molecule has 0 N–H and O–H groups in total. The number of nitrogens with zero attached hydrogens (tertiary/aromatic N) is 3. The van der Waals surface area contributed by atoms with Gasteiger partial charge in [0.25, 0.3) is 5.52 Å². The van der Waals surface area contributed by atoms with Gasteiger partial charge in [0.2, 0.25) is 5.52 Å². The van der Waals surface area contributed by atoms with Crippen LogP contribution in [0.4, 0.5) is 0 Å². The summed E-state index contributed by atoms with van der Waals surface area (Å²) in [7, 11) is 2.10. The number of hydrogen-bond donors (Lipinski definition) is 0. The molecule has 0 atom stereocenters. The molecule has 0 radical (unpaired) electrons. The maximum Gasteiger partial charge on any atom is 0.265 e. The summed E-state index contributed by atoms with van der Waals surface area (Å²) in [5.41, 5.74) is 5.99. The average molecular weight is 262 g/mol. The summed E-state index contributed by atoms with van der Waals surface area (Å²) in [6.07, 6.45) is 1.90. The van der Waals surface area contributed by atoms with Crippen LogP contribution < -0.4 is 4.52 Å². The van der Waals surface area contributed by atoms with Crippen LogP contribution in [0.25, 0.3) is 27.3 Å². The molecule has 4 aromatic rings. The maximum absolute atomic E-state index is 4.64. The van der Waals surface area contributed by atoms with Crippen LogP contribution in [0, 0.1) is 13.8 Å². The second-order valence-corrected chi connectivity index (χ2v) is 5.38. The molecule has 3 nitrogen and oxygen atoms in total. The van der Waals surface area contributed by atoms with Crippen molar-refractivity contribution >= 4 is 27.3 Å². The van der Waals surface area contributed by atoms with Gasteiger partial charge in [-0.05, 0) is 26.0 Å². The van der Waals surface area contributed by atoms with Gasteiger partial charge >= 0.3 is 0 Å². The summed E-state index contributed by atoms with van der Waals surface area (Å²) in [6.45, 7) is 4.28. The number of aromatic nitrogens is 3. The molecule has 4 rings (SSSR count). The first-order chi connectivity index (χ1) is 9.68. The van der Waals surface area contributed by atoms with Gasteiger partial charge in [-0.1, -0.05) is 22.7 Å². The zero-order valence-corrected chi connectivity index (χ0v) is 11.9. The van der Waals surface area contributed by atoms with Crippen molar-refractivity contribution in [1.82, 2.24) is 9.67 Å². The van der Waals surface area contributed by atoms with E-state index in [1.165, 1.54) is 33.1 Å². The van der Waals surface area contributed by atoms with Crippen molar-refractivity contribution in [1.29, 1.82) is 0 Å². The van der Waals surface area contributed by atoms with Crippen LogP contribution in [-0.2, 0) is 7.05 Å². The van der Waals surface area contributed by atoms with Crippen LogP contribution in [-0.4, -0.2) is 9.67 Å². The molecule has 1 aromatic carbocycles. The first-order valence-corrected chi connectivity index (χ1v) is 6.83. The molecule has 98 valence electrons. The Morgan fingerprint density at radius 3 is 2.60 bits per heavy atom. The third-order valence-corrected chi connectivity index (χ3v) is 4.18. The minimum Gasteiger partial charge on any atom is -0.249 e. The maximum atomic E-state index is 4.64. The largest absolute Gasteiger partial charge is 0.265 e. The standard InChI is InChI=1S/C17H16N3/c1-11-8-9-18-16-14-7-5-4-6-13(14)15-10-12(2)19(3)20(15)17(11)16/h4-10H,1-3H3/q+1. The summed E-state index contributed by atoms with van der Waals surface area (Å²) in [5.74, 6) is 0. The Balaban J connectivity index is 2.49. The summed E-state index contributed by atoms with van der Waals surface area (Å²) >= 11 is 0. The van der Waals surface area contributed by atoms with E-state index in [2.05, 4.69) is 71.5 Å². The molecule has 3 heteroatoms. The Hall–Kier alpha value is -2.42. The van der Waals surface area contributed by atoms with Crippen molar-refractivity contribution in [3.05, 3.63) is 53.9 Å². The molecule has 0 aliphatic carbocycles. The highest BCUT2D eigenvalue weighted by Crippen LogP contribution is 2.26. The van der Waals surface area contributed by atoms with E-state index in [4.69, 9.17) is 0 Å². The van der Waals surface area contributed by atoms with Crippen molar-refractivity contribution in [3.8, 4) is 0 Å². The zero-order chi connectivity index (χ0) is 13.9.